The fourth-order valence-electron chi connectivity index (χ4n) is 2.29. The van der Waals surface area contributed by atoms with Crippen molar-refractivity contribution in [2.45, 2.75) is 19.0 Å². The average molecular weight is 419 g/mol. The Morgan fingerprint density at radius 3 is 2.64 bits per heavy atom. The molecule has 9 heteroatoms. The zero-order chi connectivity index (χ0) is 19.9. The summed E-state index contributed by atoms with van der Waals surface area (Å²) in [6.07, 6.45) is 0. The van der Waals surface area contributed by atoms with Crippen molar-refractivity contribution in [1.29, 1.82) is 0 Å². The minimum absolute atomic E-state index is 0.159. The van der Waals surface area contributed by atoms with Crippen molar-refractivity contribution in [2.75, 3.05) is 17.7 Å². The predicted molar refractivity (Wildman–Crippen MR) is 110 cm³/mol. The summed E-state index contributed by atoms with van der Waals surface area (Å²) in [6, 6.07) is 12.3. The van der Waals surface area contributed by atoms with Crippen LogP contribution in [0.4, 0.5) is 5.69 Å². The summed E-state index contributed by atoms with van der Waals surface area (Å²) in [5, 5.41) is 10.6. The molecule has 1 amide bonds. The fraction of sp³-hybridized carbons (Fsp3) is 0.211. The van der Waals surface area contributed by atoms with Gasteiger partial charge in [0.15, 0.2) is 5.75 Å². The number of aryl methyl sites for hydroxylation is 1. The standard InChI is InChI=1S/C19H19ClN4O3S/c1-3-26-14-5-7-15(8-6-14)27-17-9-4-13(20)10-16(17)22-18(25)11-28-19-21-12(2)23-24-19/h4-10H,3,11H2,1-2H3,(H,22,25)(H,21,23,24). The van der Waals surface area contributed by atoms with E-state index in [9.17, 15) is 4.79 Å². The van der Waals surface area contributed by atoms with Gasteiger partial charge in [0.2, 0.25) is 11.1 Å². The summed E-state index contributed by atoms with van der Waals surface area (Å²) >= 11 is 7.32. The molecule has 2 aromatic carbocycles. The van der Waals surface area contributed by atoms with Crippen LogP contribution in [0.2, 0.25) is 5.02 Å². The molecule has 0 saturated carbocycles. The third-order valence-corrected chi connectivity index (χ3v) is 4.57. The molecule has 3 rings (SSSR count). The maximum atomic E-state index is 12.3. The third-order valence-electron chi connectivity index (χ3n) is 3.49. The number of benzene rings is 2. The minimum Gasteiger partial charge on any atom is -0.494 e. The van der Waals surface area contributed by atoms with E-state index in [2.05, 4.69) is 20.5 Å². The maximum Gasteiger partial charge on any atom is 0.234 e. The Morgan fingerprint density at radius 2 is 1.96 bits per heavy atom. The monoisotopic (exact) mass is 418 g/mol. The highest BCUT2D eigenvalue weighted by Gasteiger charge is 2.12. The number of hydrogen-bond donors (Lipinski definition) is 2. The molecule has 0 aliphatic carbocycles. The number of aromatic nitrogens is 3. The van der Waals surface area contributed by atoms with E-state index in [0.29, 0.717) is 39.8 Å². The van der Waals surface area contributed by atoms with Gasteiger partial charge in [-0.2, -0.15) is 0 Å². The molecule has 0 saturated heterocycles. The van der Waals surface area contributed by atoms with Crippen molar-refractivity contribution in [3.8, 4) is 17.2 Å². The summed E-state index contributed by atoms with van der Waals surface area (Å²) in [4.78, 5) is 16.5. The van der Waals surface area contributed by atoms with Crippen LogP contribution in [0.3, 0.4) is 0 Å². The lowest BCUT2D eigenvalue weighted by molar-refractivity contribution is -0.113. The van der Waals surface area contributed by atoms with Crippen molar-refractivity contribution in [3.63, 3.8) is 0 Å². The van der Waals surface area contributed by atoms with Gasteiger partial charge < -0.3 is 14.8 Å². The number of H-pyrrole nitrogens is 1. The molecule has 146 valence electrons. The second-order valence-corrected chi connectivity index (χ2v) is 7.07. The molecule has 0 radical (unpaired) electrons. The van der Waals surface area contributed by atoms with Gasteiger partial charge in [-0.25, -0.2) is 4.98 Å². The second-order valence-electron chi connectivity index (χ2n) is 5.69. The van der Waals surface area contributed by atoms with Gasteiger partial charge in [0, 0.05) is 5.02 Å². The fourth-order valence-corrected chi connectivity index (χ4v) is 3.11. The number of hydrogen-bond acceptors (Lipinski definition) is 6. The summed E-state index contributed by atoms with van der Waals surface area (Å²) in [6.45, 7) is 4.32. The van der Waals surface area contributed by atoms with Crippen LogP contribution in [-0.2, 0) is 4.79 Å². The molecule has 0 fully saturated rings. The number of carbonyl (C=O) groups is 1. The molecule has 0 aliphatic heterocycles. The van der Waals surface area contributed by atoms with Gasteiger partial charge >= 0.3 is 0 Å². The minimum atomic E-state index is -0.216. The molecule has 28 heavy (non-hydrogen) atoms. The van der Waals surface area contributed by atoms with Gasteiger partial charge in [0.1, 0.15) is 17.3 Å². The first-order valence-corrected chi connectivity index (χ1v) is 9.92. The van der Waals surface area contributed by atoms with Gasteiger partial charge in [-0.15, -0.1) is 5.10 Å². The van der Waals surface area contributed by atoms with Crippen LogP contribution < -0.4 is 14.8 Å². The van der Waals surface area contributed by atoms with Crippen LogP contribution in [-0.4, -0.2) is 33.4 Å². The Labute approximate surface area is 171 Å². The number of ether oxygens (including phenoxy) is 2. The number of nitrogens with zero attached hydrogens (tertiary/aromatic N) is 2. The van der Waals surface area contributed by atoms with Crippen LogP contribution >= 0.6 is 23.4 Å². The zero-order valence-corrected chi connectivity index (χ0v) is 16.9. The first kappa shape index (κ1) is 20.0. The predicted octanol–water partition coefficient (Wildman–Crippen LogP) is 4.69. The second kappa shape index (κ2) is 9.48. The lowest BCUT2D eigenvalue weighted by Crippen LogP contribution is -2.14. The van der Waals surface area contributed by atoms with Gasteiger partial charge in [-0.05, 0) is 56.3 Å². The normalized spacial score (nSPS) is 10.5. The number of halogens is 1. The SMILES string of the molecule is CCOc1ccc(Oc2ccc(Cl)cc2NC(=O)CSc2n[nH]c(C)n2)cc1. The Morgan fingerprint density at radius 1 is 1.21 bits per heavy atom. The largest absolute Gasteiger partial charge is 0.494 e. The Kier molecular flexibility index (Phi) is 6.78. The third kappa shape index (κ3) is 5.64. The summed E-state index contributed by atoms with van der Waals surface area (Å²) in [5.74, 6) is 2.51. The number of rotatable bonds is 8. The van der Waals surface area contributed by atoms with Crippen molar-refractivity contribution in [1.82, 2.24) is 15.2 Å². The Bertz CT molecular complexity index is 947. The van der Waals surface area contributed by atoms with Crippen LogP contribution in [0.1, 0.15) is 12.7 Å². The van der Waals surface area contributed by atoms with Crippen molar-refractivity contribution in [2.24, 2.45) is 0 Å². The molecule has 0 spiro atoms. The summed E-state index contributed by atoms with van der Waals surface area (Å²) < 4.78 is 11.3. The molecule has 7 nitrogen and oxygen atoms in total. The lowest BCUT2D eigenvalue weighted by Gasteiger charge is -2.13. The van der Waals surface area contributed by atoms with E-state index in [1.165, 1.54) is 11.8 Å². The molecule has 0 atom stereocenters. The quantitative estimate of drug-likeness (QED) is 0.516. The highest BCUT2D eigenvalue weighted by Crippen LogP contribution is 2.33. The number of aromatic amines is 1. The average Bonchev–Trinajstić information content (AvgIpc) is 3.09. The maximum absolute atomic E-state index is 12.3. The Hall–Kier alpha value is -2.71. The number of thioether (sulfide) groups is 1. The zero-order valence-electron chi connectivity index (χ0n) is 15.4. The van der Waals surface area contributed by atoms with Crippen LogP contribution in [0, 0.1) is 6.92 Å². The Balaban J connectivity index is 1.66. The molecular formula is C19H19ClN4O3S. The molecule has 3 aromatic rings. The van der Waals surface area contributed by atoms with E-state index < -0.39 is 0 Å². The van der Waals surface area contributed by atoms with E-state index in [1.54, 1.807) is 37.3 Å². The smallest absolute Gasteiger partial charge is 0.234 e. The molecular weight excluding hydrogens is 400 g/mol. The van der Waals surface area contributed by atoms with Crippen LogP contribution in [0.15, 0.2) is 47.6 Å². The first-order valence-electron chi connectivity index (χ1n) is 8.55. The molecule has 2 N–H and O–H groups in total. The summed E-state index contributed by atoms with van der Waals surface area (Å²) in [5.41, 5.74) is 0.484. The van der Waals surface area contributed by atoms with Crippen molar-refractivity contribution in [3.05, 3.63) is 53.3 Å². The number of nitrogens with one attached hydrogen (secondary N) is 2. The number of carbonyl (C=O) groups excluding carboxylic acids is 1. The van der Waals surface area contributed by atoms with E-state index in [-0.39, 0.29) is 11.7 Å². The molecule has 1 aromatic heterocycles. The van der Waals surface area contributed by atoms with E-state index in [0.717, 1.165) is 5.75 Å². The van der Waals surface area contributed by atoms with E-state index >= 15 is 0 Å². The van der Waals surface area contributed by atoms with Gasteiger partial charge in [-0.1, -0.05) is 23.4 Å². The molecule has 1 heterocycles. The highest BCUT2D eigenvalue weighted by atomic mass is 35.5. The van der Waals surface area contributed by atoms with Crippen molar-refractivity contribution >= 4 is 35.0 Å². The van der Waals surface area contributed by atoms with Gasteiger partial charge in [0.05, 0.1) is 18.0 Å². The van der Waals surface area contributed by atoms with Crippen LogP contribution in [0.5, 0.6) is 17.2 Å². The number of amides is 1. The molecule has 0 bridgehead atoms. The first-order chi connectivity index (χ1) is 13.5. The molecule has 0 unspecified atom stereocenters. The van der Waals surface area contributed by atoms with Gasteiger partial charge in [-0.3, -0.25) is 9.89 Å². The lowest BCUT2D eigenvalue weighted by atomic mass is 10.2. The molecule has 0 aliphatic rings. The highest BCUT2D eigenvalue weighted by molar-refractivity contribution is 7.99. The van der Waals surface area contributed by atoms with Gasteiger partial charge in [0.25, 0.3) is 0 Å². The van der Waals surface area contributed by atoms with Crippen molar-refractivity contribution < 1.29 is 14.3 Å². The van der Waals surface area contributed by atoms with E-state index in [1.807, 2.05) is 19.1 Å². The summed E-state index contributed by atoms with van der Waals surface area (Å²) in [7, 11) is 0. The van der Waals surface area contributed by atoms with Crippen LogP contribution in [0.25, 0.3) is 0 Å². The topological polar surface area (TPSA) is 89.1 Å². The van der Waals surface area contributed by atoms with E-state index in [4.69, 9.17) is 21.1 Å². The number of anilines is 1.